The lowest BCUT2D eigenvalue weighted by molar-refractivity contribution is 0.0888. The van der Waals surface area contributed by atoms with Crippen LogP contribution >= 0.6 is 0 Å². The number of fused-ring (bicyclic) bond motifs is 1. The molecule has 0 aliphatic heterocycles. The van der Waals surface area contributed by atoms with Crippen molar-refractivity contribution in [3.8, 4) is 0 Å². The largest absolute Gasteiger partial charge is 0.351 e. The van der Waals surface area contributed by atoms with E-state index in [-0.39, 0.29) is 0 Å². The number of halogens is 2. The lowest BCUT2D eigenvalue weighted by Crippen LogP contribution is -2.28. The second-order valence-electron chi connectivity index (χ2n) is 3.37. The second kappa shape index (κ2) is 4.30. The minimum absolute atomic E-state index is 0.293. The number of hydrogen-bond acceptors (Lipinski definition) is 1. The van der Waals surface area contributed by atoms with Crippen LogP contribution in [0.2, 0.25) is 0 Å². The van der Waals surface area contributed by atoms with E-state index in [1.54, 1.807) is 6.07 Å². The summed E-state index contributed by atoms with van der Waals surface area (Å²) in [5, 5.41) is 3.02. The highest BCUT2D eigenvalue weighted by Crippen LogP contribution is 2.14. The normalized spacial score (nSPS) is 10.9. The standard InChI is InChI=1S/C11H10F2N2O/c12-10(13)6-14-11(16)9-5-7-3-1-2-4-8(7)15-9/h1-5,10,15H,6H2,(H,14,16). The second-order valence-corrected chi connectivity index (χ2v) is 3.37. The number of H-pyrrole nitrogens is 1. The molecule has 0 saturated heterocycles. The van der Waals surface area contributed by atoms with E-state index < -0.39 is 18.9 Å². The molecule has 1 aromatic carbocycles. The highest BCUT2D eigenvalue weighted by atomic mass is 19.3. The summed E-state index contributed by atoms with van der Waals surface area (Å²) in [7, 11) is 0. The molecule has 16 heavy (non-hydrogen) atoms. The van der Waals surface area contributed by atoms with E-state index in [9.17, 15) is 13.6 Å². The van der Waals surface area contributed by atoms with Gasteiger partial charge in [0.2, 0.25) is 0 Å². The molecule has 0 unspecified atom stereocenters. The summed E-state index contributed by atoms with van der Waals surface area (Å²) in [6, 6.07) is 8.97. The summed E-state index contributed by atoms with van der Waals surface area (Å²) in [5.74, 6) is -0.517. The molecule has 0 aliphatic carbocycles. The first-order chi connectivity index (χ1) is 7.66. The average molecular weight is 224 g/mol. The Kier molecular flexibility index (Phi) is 2.85. The van der Waals surface area contributed by atoms with Crippen molar-refractivity contribution in [2.75, 3.05) is 6.54 Å². The van der Waals surface area contributed by atoms with Crippen LogP contribution in [0.1, 0.15) is 10.5 Å². The van der Waals surface area contributed by atoms with Gasteiger partial charge in [-0.25, -0.2) is 8.78 Å². The monoisotopic (exact) mass is 224 g/mol. The van der Waals surface area contributed by atoms with E-state index >= 15 is 0 Å². The third-order valence-electron chi connectivity index (χ3n) is 2.19. The molecule has 84 valence electrons. The molecule has 0 bridgehead atoms. The SMILES string of the molecule is O=C(NCC(F)F)c1cc2ccccc2[nH]1. The number of nitrogens with one attached hydrogen (secondary N) is 2. The molecule has 1 amide bonds. The maximum atomic E-state index is 11.9. The molecule has 0 aliphatic rings. The summed E-state index contributed by atoms with van der Waals surface area (Å²) < 4.78 is 23.8. The number of aromatic nitrogens is 1. The third-order valence-corrected chi connectivity index (χ3v) is 2.19. The summed E-state index contributed by atoms with van der Waals surface area (Å²) in [5.41, 5.74) is 1.10. The summed E-state index contributed by atoms with van der Waals surface area (Å²) >= 11 is 0. The van der Waals surface area contributed by atoms with E-state index in [0.29, 0.717) is 5.69 Å². The predicted molar refractivity (Wildman–Crippen MR) is 56.6 cm³/mol. The molecular weight excluding hydrogens is 214 g/mol. The first-order valence-corrected chi connectivity index (χ1v) is 4.81. The van der Waals surface area contributed by atoms with E-state index in [1.807, 2.05) is 24.3 Å². The lowest BCUT2D eigenvalue weighted by Gasteiger charge is -2.01. The first-order valence-electron chi connectivity index (χ1n) is 4.81. The van der Waals surface area contributed by atoms with Gasteiger partial charge in [0.05, 0.1) is 6.54 Å². The van der Waals surface area contributed by atoms with Crippen molar-refractivity contribution in [2.45, 2.75) is 6.43 Å². The molecule has 0 spiro atoms. The van der Waals surface area contributed by atoms with Gasteiger partial charge in [-0.1, -0.05) is 18.2 Å². The molecule has 5 heteroatoms. The highest BCUT2D eigenvalue weighted by molar-refractivity contribution is 5.97. The van der Waals surface area contributed by atoms with E-state index in [4.69, 9.17) is 0 Å². The maximum Gasteiger partial charge on any atom is 0.267 e. The van der Waals surface area contributed by atoms with Crippen molar-refractivity contribution in [1.29, 1.82) is 0 Å². The molecular formula is C11H10F2N2O. The minimum atomic E-state index is -2.53. The zero-order chi connectivity index (χ0) is 11.5. The number of carbonyl (C=O) groups excluding carboxylic acids is 1. The van der Waals surface area contributed by atoms with E-state index in [2.05, 4.69) is 10.3 Å². The fourth-order valence-electron chi connectivity index (χ4n) is 1.46. The Morgan fingerprint density at radius 2 is 2.12 bits per heavy atom. The number of aromatic amines is 1. The molecule has 0 radical (unpaired) electrons. The van der Waals surface area contributed by atoms with Crippen molar-refractivity contribution in [3.63, 3.8) is 0 Å². The van der Waals surface area contributed by atoms with Gasteiger partial charge in [-0.3, -0.25) is 4.79 Å². The number of amides is 1. The Hall–Kier alpha value is -1.91. The molecule has 3 nitrogen and oxygen atoms in total. The first kappa shape index (κ1) is 10.6. The minimum Gasteiger partial charge on any atom is -0.351 e. The average Bonchev–Trinajstić information content (AvgIpc) is 2.69. The van der Waals surface area contributed by atoms with Crippen LogP contribution in [0, 0.1) is 0 Å². The molecule has 2 rings (SSSR count). The van der Waals surface area contributed by atoms with Crippen LogP contribution in [0.25, 0.3) is 10.9 Å². The Bertz CT molecular complexity index is 474. The molecule has 0 saturated carbocycles. The molecule has 0 fully saturated rings. The van der Waals surface area contributed by atoms with Gasteiger partial charge in [0.15, 0.2) is 0 Å². The topological polar surface area (TPSA) is 44.9 Å². The number of rotatable bonds is 3. The van der Waals surface area contributed by atoms with Gasteiger partial charge in [-0.05, 0) is 12.1 Å². The molecule has 1 heterocycles. The van der Waals surface area contributed by atoms with Crippen LogP contribution < -0.4 is 5.32 Å². The quantitative estimate of drug-likeness (QED) is 0.824. The Morgan fingerprint density at radius 3 is 2.81 bits per heavy atom. The third kappa shape index (κ3) is 2.18. The van der Waals surface area contributed by atoms with Crippen LogP contribution in [-0.4, -0.2) is 23.9 Å². The zero-order valence-corrected chi connectivity index (χ0v) is 8.34. The number of benzene rings is 1. The lowest BCUT2D eigenvalue weighted by atomic mass is 10.2. The maximum absolute atomic E-state index is 11.9. The van der Waals surface area contributed by atoms with Crippen LogP contribution in [0.15, 0.2) is 30.3 Å². The zero-order valence-electron chi connectivity index (χ0n) is 8.34. The van der Waals surface area contributed by atoms with Gasteiger partial charge in [0, 0.05) is 10.9 Å². The van der Waals surface area contributed by atoms with Crippen LogP contribution in [0.5, 0.6) is 0 Å². The smallest absolute Gasteiger partial charge is 0.267 e. The molecule has 1 aromatic heterocycles. The van der Waals surface area contributed by atoms with Crippen molar-refractivity contribution >= 4 is 16.8 Å². The fraction of sp³-hybridized carbons (Fsp3) is 0.182. The Balaban J connectivity index is 2.17. The number of alkyl halides is 2. The predicted octanol–water partition coefficient (Wildman–Crippen LogP) is 2.16. The molecule has 2 aromatic rings. The van der Waals surface area contributed by atoms with Gasteiger partial charge in [-0.2, -0.15) is 0 Å². The van der Waals surface area contributed by atoms with Crippen LogP contribution in [0.4, 0.5) is 8.78 Å². The highest BCUT2D eigenvalue weighted by Gasteiger charge is 2.10. The van der Waals surface area contributed by atoms with Crippen LogP contribution in [-0.2, 0) is 0 Å². The van der Waals surface area contributed by atoms with Gasteiger partial charge >= 0.3 is 0 Å². The van der Waals surface area contributed by atoms with Gasteiger partial charge in [-0.15, -0.1) is 0 Å². The van der Waals surface area contributed by atoms with Gasteiger partial charge in [0.1, 0.15) is 5.69 Å². The van der Waals surface area contributed by atoms with Crippen molar-refractivity contribution < 1.29 is 13.6 Å². The number of para-hydroxylation sites is 1. The Morgan fingerprint density at radius 1 is 1.38 bits per heavy atom. The van der Waals surface area contributed by atoms with Gasteiger partial charge < -0.3 is 10.3 Å². The van der Waals surface area contributed by atoms with E-state index in [0.717, 1.165) is 10.9 Å². The summed E-state index contributed by atoms with van der Waals surface area (Å²) in [6.07, 6.45) is -2.53. The number of carbonyl (C=O) groups is 1. The van der Waals surface area contributed by atoms with Crippen molar-refractivity contribution in [2.24, 2.45) is 0 Å². The molecule has 0 atom stereocenters. The number of hydrogen-bond donors (Lipinski definition) is 2. The Labute approximate surface area is 90.5 Å². The van der Waals surface area contributed by atoms with Crippen LogP contribution in [0.3, 0.4) is 0 Å². The summed E-state index contributed by atoms with van der Waals surface area (Å²) in [6.45, 7) is -0.631. The van der Waals surface area contributed by atoms with E-state index in [1.165, 1.54) is 0 Å². The fourth-order valence-corrected chi connectivity index (χ4v) is 1.46. The summed E-state index contributed by atoms with van der Waals surface area (Å²) in [4.78, 5) is 14.3. The van der Waals surface area contributed by atoms with Gasteiger partial charge in [0.25, 0.3) is 12.3 Å². The molecule has 2 N–H and O–H groups in total. The van der Waals surface area contributed by atoms with Crippen molar-refractivity contribution in [3.05, 3.63) is 36.0 Å². The van der Waals surface area contributed by atoms with Crippen molar-refractivity contribution in [1.82, 2.24) is 10.3 Å².